The fourth-order valence-electron chi connectivity index (χ4n) is 3.74. The molecule has 2 aromatic carbocycles. The highest BCUT2D eigenvalue weighted by Gasteiger charge is 2.33. The van der Waals surface area contributed by atoms with Crippen LogP contribution in [0.25, 0.3) is 0 Å². The minimum absolute atomic E-state index is 0.139. The molecule has 0 spiro atoms. The Labute approximate surface area is 157 Å². The molecule has 1 aliphatic carbocycles. The maximum Gasteiger partial charge on any atom is 0.171 e. The molecule has 0 aromatic heterocycles. The zero-order valence-electron chi connectivity index (χ0n) is 15.3. The monoisotopic (exact) mass is 352 g/mol. The van der Waals surface area contributed by atoms with Gasteiger partial charge in [0.15, 0.2) is 5.11 Å². The SMILES string of the molecule is Cc1ccc(NC(=S)NC2(CCc3ccccc3)CCCC2)cc1C. The first-order valence-electron chi connectivity index (χ1n) is 9.27. The first-order valence-corrected chi connectivity index (χ1v) is 9.68. The van der Waals surface area contributed by atoms with Crippen molar-refractivity contribution in [3.63, 3.8) is 0 Å². The lowest BCUT2D eigenvalue weighted by molar-refractivity contribution is 0.362. The molecule has 2 nitrogen and oxygen atoms in total. The van der Waals surface area contributed by atoms with Crippen LogP contribution in [0.15, 0.2) is 48.5 Å². The van der Waals surface area contributed by atoms with Gasteiger partial charge in [-0.25, -0.2) is 0 Å². The number of thiocarbonyl (C=S) groups is 1. The van der Waals surface area contributed by atoms with Gasteiger partial charge in [0.05, 0.1) is 0 Å². The van der Waals surface area contributed by atoms with Gasteiger partial charge in [0.1, 0.15) is 0 Å². The fourth-order valence-corrected chi connectivity index (χ4v) is 4.07. The Bertz CT molecular complexity index is 718. The molecule has 2 N–H and O–H groups in total. The third-order valence-electron chi connectivity index (χ3n) is 5.44. The molecule has 0 unspecified atom stereocenters. The molecule has 0 bridgehead atoms. The van der Waals surface area contributed by atoms with E-state index in [0.29, 0.717) is 0 Å². The van der Waals surface area contributed by atoms with Gasteiger partial charge in [-0.15, -0.1) is 0 Å². The topological polar surface area (TPSA) is 24.1 Å². The Kier molecular flexibility index (Phi) is 5.74. The van der Waals surface area contributed by atoms with Crippen LogP contribution in [0.3, 0.4) is 0 Å². The highest BCUT2D eigenvalue weighted by atomic mass is 32.1. The third-order valence-corrected chi connectivity index (χ3v) is 5.64. The predicted molar refractivity (Wildman–Crippen MR) is 111 cm³/mol. The van der Waals surface area contributed by atoms with Crippen molar-refractivity contribution < 1.29 is 0 Å². The van der Waals surface area contributed by atoms with Crippen LogP contribution in [-0.2, 0) is 6.42 Å². The van der Waals surface area contributed by atoms with Gasteiger partial charge in [0.25, 0.3) is 0 Å². The smallest absolute Gasteiger partial charge is 0.171 e. The third kappa shape index (κ3) is 4.82. The van der Waals surface area contributed by atoms with Crippen LogP contribution in [0.4, 0.5) is 5.69 Å². The molecular formula is C22H28N2S. The molecule has 132 valence electrons. The van der Waals surface area contributed by atoms with Crippen molar-refractivity contribution in [3.8, 4) is 0 Å². The number of hydrogen-bond donors (Lipinski definition) is 2. The summed E-state index contributed by atoms with van der Waals surface area (Å²) in [7, 11) is 0. The lowest BCUT2D eigenvalue weighted by Crippen LogP contribution is -2.48. The number of benzene rings is 2. The van der Waals surface area contributed by atoms with Gasteiger partial charge in [0.2, 0.25) is 0 Å². The van der Waals surface area contributed by atoms with Gasteiger partial charge >= 0.3 is 0 Å². The van der Waals surface area contributed by atoms with Crippen LogP contribution in [0.5, 0.6) is 0 Å². The molecule has 0 saturated heterocycles. The van der Waals surface area contributed by atoms with E-state index in [9.17, 15) is 0 Å². The number of aryl methyl sites for hydroxylation is 3. The molecule has 25 heavy (non-hydrogen) atoms. The van der Waals surface area contributed by atoms with Crippen LogP contribution in [0.2, 0.25) is 0 Å². The Hall–Kier alpha value is -1.87. The van der Waals surface area contributed by atoms with Gasteiger partial charge in [0, 0.05) is 11.2 Å². The summed E-state index contributed by atoms with van der Waals surface area (Å²) in [6, 6.07) is 17.2. The Morgan fingerprint density at radius 1 is 1.00 bits per heavy atom. The second-order valence-corrected chi connectivity index (χ2v) is 7.76. The second-order valence-electron chi connectivity index (χ2n) is 7.35. The van der Waals surface area contributed by atoms with Crippen molar-refractivity contribution in [3.05, 3.63) is 65.2 Å². The summed E-state index contributed by atoms with van der Waals surface area (Å²) in [5, 5.41) is 7.79. The summed E-state index contributed by atoms with van der Waals surface area (Å²) >= 11 is 5.63. The van der Waals surface area contributed by atoms with Crippen molar-refractivity contribution in [2.75, 3.05) is 5.32 Å². The van der Waals surface area contributed by atoms with Crippen molar-refractivity contribution >= 4 is 23.0 Å². The Morgan fingerprint density at radius 2 is 1.72 bits per heavy atom. The Morgan fingerprint density at radius 3 is 2.40 bits per heavy atom. The van der Waals surface area contributed by atoms with Crippen molar-refractivity contribution in [1.29, 1.82) is 0 Å². The summed E-state index contributed by atoms with van der Waals surface area (Å²) in [6.07, 6.45) is 7.21. The summed E-state index contributed by atoms with van der Waals surface area (Å²) in [5.41, 5.74) is 5.20. The first kappa shape index (κ1) is 17.9. The van der Waals surface area contributed by atoms with E-state index >= 15 is 0 Å². The maximum atomic E-state index is 5.63. The van der Waals surface area contributed by atoms with Crippen LogP contribution in [-0.4, -0.2) is 10.7 Å². The minimum Gasteiger partial charge on any atom is -0.357 e. The largest absolute Gasteiger partial charge is 0.357 e. The average molecular weight is 353 g/mol. The highest BCUT2D eigenvalue weighted by Crippen LogP contribution is 2.34. The van der Waals surface area contributed by atoms with E-state index < -0.39 is 0 Å². The van der Waals surface area contributed by atoms with Crippen LogP contribution < -0.4 is 10.6 Å². The quantitative estimate of drug-likeness (QED) is 0.691. The Balaban J connectivity index is 1.62. The second kappa shape index (κ2) is 8.01. The molecule has 3 heteroatoms. The van der Waals surface area contributed by atoms with E-state index in [2.05, 4.69) is 73.0 Å². The molecule has 2 aromatic rings. The summed E-state index contributed by atoms with van der Waals surface area (Å²) < 4.78 is 0. The van der Waals surface area contributed by atoms with Crippen LogP contribution in [0, 0.1) is 13.8 Å². The summed E-state index contributed by atoms with van der Waals surface area (Å²) in [4.78, 5) is 0. The predicted octanol–water partition coefficient (Wildman–Crippen LogP) is 5.54. The molecule has 1 aliphatic rings. The maximum absolute atomic E-state index is 5.63. The molecule has 0 atom stereocenters. The van der Waals surface area contributed by atoms with E-state index in [1.165, 1.54) is 42.4 Å². The lowest BCUT2D eigenvalue weighted by atomic mass is 9.89. The van der Waals surface area contributed by atoms with Crippen molar-refractivity contribution in [1.82, 2.24) is 5.32 Å². The van der Waals surface area contributed by atoms with E-state index in [-0.39, 0.29) is 5.54 Å². The summed E-state index contributed by atoms with van der Waals surface area (Å²) in [5.74, 6) is 0. The molecule has 0 aliphatic heterocycles. The van der Waals surface area contributed by atoms with Crippen LogP contribution in [0.1, 0.15) is 48.8 Å². The van der Waals surface area contributed by atoms with E-state index in [0.717, 1.165) is 23.6 Å². The van der Waals surface area contributed by atoms with Crippen LogP contribution >= 0.6 is 12.2 Å². The van der Waals surface area contributed by atoms with E-state index in [4.69, 9.17) is 12.2 Å². The zero-order chi connectivity index (χ0) is 17.7. The molecule has 1 saturated carbocycles. The van der Waals surface area contributed by atoms with Gasteiger partial charge in [-0.05, 0) is 80.6 Å². The van der Waals surface area contributed by atoms with Gasteiger partial charge in [-0.2, -0.15) is 0 Å². The molecule has 0 heterocycles. The van der Waals surface area contributed by atoms with Gasteiger partial charge < -0.3 is 10.6 Å². The number of anilines is 1. The first-order chi connectivity index (χ1) is 12.1. The number of nitrogens with one attached hydrogen (secondary N) is 2. The molecular weight excluding hydrogens is 324 g/mol. The van der Waals surface area contributed by atoms with E-state index in [1.807, 2.05) is 0 Å². The average Bonchev–Trinajstić information content (AvgIpc) is 3.06. The zero-order valence-corrected chi connectivity index (χ0v) is 16.1. The standard InChI is InChI=1S/C22H28N2S/c1-17-10-11-20(16-18(17)2)23-21(25)24-22(13-6-7-14-22)15-12-19-8-4-3-5-9-19/h3-5,8-11,16H,6-7,12-15H2,1-2H3,(H2,23,24,25). The van der Waals surface area contributed by atoms with Crippen molar-refractivity contribution in [2.24, 2.45) is 0 Å². The minimum atomic E-state index is 0.139. The van der Waals surface area contributed by atoms with Crippen molar-refractivity contribution in [2.45, 2.75) is 57.9 Å². The van der Waals surface area contributed by atoms with E-state index in [1.54, 1.807) is 0 Å². The number of rotatable bonds is 5. The summed E-state index contributed by atoms with van der Waals surface area (Å²) in [6.45, 7) is 4.27. The van der Waals surface area contributed by atoms with Gasteiger partial charge in [-0.1, -0.05) is 49.2 Å². The fraction of sp³-hybridized carbons (Fsp3) is 0.409. The number of hydrogen-bond acceptors (Lipinski definition) is 1. The molecule has 1 fully saturated rings. The molecule has 3 rings (SSSR count). The highest BCUT2D eigenvalue weighted by molar-refractivity contribution is 7.80. The molecule has 0 amide bonds. The normalized spacial score (nSPS) is 15.8. The molecule has 0 radical (unpaired) electrons. The van der Waals surface area contributed by atoms with Gasteiger partial charge in [-0.3, -0.25) is 0 Å². The lowest BCUT2D eigenvalue weighted by Gasteiger charge is -2.32.